The molecule has 104 valence electrons. The highest BCUT2D eigenvalue weighted by atomic mass is 35.5. The van der Waals surface area contributed by atoms with E-state index in [2.05, 4.69) is 22.5 Å². The smallest absolute Gasteiger partial charge is 0.128 e. The minimum atomic E-state index is -0.156. The molecule has 1 saturated carbocycles. The average Bonchev–Trinajstić information content (AvgIpc) is 2.75. The van der Waals surface area contributed by atoms with Crippen molar-refractivity contribution >= 4 is 22.6 Å². The molecule has 1 heterocycles. The maximum Gasteiger partial charge on any atom is 0.128 e. The molecule has 1 aromatic carbocycles. The summed E-state index contributed by atoms with van der Waals surface area (Å²) in [4.78, 5) is 4.65. The predicted molar refractivity (Wildman–Crippen MR) is 80.8 cm³/mol. The Balaban J connectivity index is 2.22. The Bertz CT molecular complexity index is 677. The first-order chi connectivity index (χ1) is 9.63. The fraction of sp³-hybridized carbons (Fsp3) is 0.500. The van der Waals surface area contributed by atoms with Crippen LogP contribution in [0.25, 0.3) is 11.0 Å². The van der Waals surface area contributed by atoms with E-state index in [1.54, 1.807) is 0 Å². The number of fused-ring (bicyclic) bond motifs is 1. The van der Waals surface area contributed by atoms with E-state index in [4.69, 9.17) is 11.6 Å². The van der Waals surface area contributed by atoms with Crippen molar-refractivity contribution in [3.8, 4) is 6.07 Å². The third-order valence-corrected chi connectivity index (χ3v) is 4.66. The van der Waals surface area contributed by atoms with Gasteiger partial charge in [0.05, 0.1) is 16.5 Å². The van der Waals surface area contributed by atoms with Crippen LogP contribution in [0.15, 0.2) is 18.2 Å². The standard InChI is InChI=1S/C16H18ClN3/c1-10(17)16-19-15-13(9-18)7-4-8-14(15)20(16)11(2)12-5-3-6-12/h4,7-8,10-12H,3,5-6H2,1-2H3. The molecule has 3 rings (SSSR count). The normalized spacial score (nSPS) is 18.5. The van der Waals surface area contributed by atoms with E-state index in [0.717, 1.165) is 16.9 Å². The van der Waals surface area contributed by atoms with Crippen LogP contribution in [-0.4, -0.2) is 9.55 Å². The molecule has 0 aliphatic heterocycles. The highest BCUT2D eigenvalue weighted by Crippen LogP contribution is 2.40. The van der Waals surface area contributed by atoms with Crippen LogP contribution in [0.4, 0.5) is 0 Å². The Kier molecular flexibility index (Phi) is 3.43. The zero-order valence-corrected chi connectivity index (χ0v) is 12.6. The van der Waals surface area contributed by atoms with Crippen molar-refractivity contribution in [1.82, 2.24) is 9.55 Å². The third-order valence-electron chi connectivity index (χ3n) is 4.46. The molecule has 4 heteroatoms. The number of para-hydroxylation sites is 1. The van der Waals surface area contributed by atoms with E-state index in [1.807, 2.05) is 25.1 Å². The van der Waals surface area contributed by atoms with Gasteiger partial charge in [-0.3, -0.25) is 0 Å². The highest BCUT2D eigenvalue weighted by Gasteiger charge is 2.29. The molecule has 3 nitrogen and oxygen atoms in total. The molecule has 0 bridgehead atoms. The molecule has 2 atom stereocenters. The molecule has 20 heavy (non-hydrogen) atoms. The summed E-state index contributed by atoms with van der Waals surface area (Å²) < 4.78 is 2.25. The molecule has 0 radical (unpaired) electrons. The Morgan fingerprint density at radius 1 is 1.40 bits per heavy atom. The number of rotatable bonds is 3. The topological polar surface area (TPSA) is 41.6 Å². The lowest BCUT2D eigenvalue weighted by Crippen LogP contribution is -2.24. The summed E-state index contributed by atoms with van der Waals surface area (Å²) in [6, 6.07) is 8.40. The summed E-state index contributed by atoms with van der Waals surface area (Å²) in [7, 11) is 0. The van der Waals surface area contributed by atoms with Crippen molar-refractivity contribution in [2.45, 2.75) is 44.5 Å². The van der Waals surface area contributed by atoms with Gasteiger partial charge in [0.25, 0.3) is 0 Å². The van der Waals surface area contributed by atoms with Crippen LogP contribution >= 0.6 is 11.6 Å². The van der Waals surface area contributed by atoms with E-state index < -0.39 is 0 Å². The molecule has 0 amide bonds. The zero-order valence-electron chi connectivity index (χ0n) is 11.8. The van der Waals surface area contributed by atoms with Crippen LogP contribution in [0.5, 0.6) is 0 Å². The molecule has 1 fully saturated rings. The number of aromatic nitrogens is 2. The van der Waals surface area contributed by atoms with Crippen LogP contribution in [0.3, 0.4) is 0 Å². The lowest BCUT2D eigenvalue weighted by molar-refractivity contribution is 0.223. The molecule has 0 spiro atoms. The van der Waals surface area contributed by atoms with Crippen molar-refractivity contribution in [3.63, 3.8) is 0 Å². The summed E-state index contributed by atoms with van der Waals surface area (Å²) in [5, 5.41) is 9.09. The van der Waals surface area contributed by atoms with E-state index >= 15 is 0 Å². The number of benzene rings is 1. The van der Waals surface area contributed by atoms with Gasteiger partial charge in [0.15, 0.2) is 0 Å². The Labute approximate surface area is 124 Å². The maximum absolute atomic E-state index is 9.25. The Morgan fingerprint density at radius 2 is 2.15 bits per heavy atom. The summed E-state index contributed by atoms with van der Waals surface area (Å²) >= 11 is 6.32. The zero-order chi connectivity index (χ0) is 14.3. The quantitative estimate of drug-likeness (QED) is 0.776. The molecule has 1 aromatic heterocycles. The fourth-order valence-corrected chi connectivity index (χ4v) is 3.22. The monoisotopic (exact) mass is 287 g/mol. The SMILES string of the molecule is CC(Cl)c1nc2c(C#N)cccc2n1C(C)C1CCC1. The summed E-state index contributed by atoms with van der Waals surface area (Å²) in [5.41, 5.74) is 2.44. The number of imidazole rings is 1. The van der Waals surface area contributed by atoms with E-state index in [9.17, 15) is 5.26 Å². The number of hydrogen-bond donors (Lipinski definition) is 0. The summed E-state index contributed by atoms with van der Waals surface area (Å²) in [5.74, 6) is 1.58. The van der Waals surface area contributed by atoms with E-state index in [0.29, 0.717) is 17.5 Å². The number of nitriles is 1. The summed E-state index contributed by atoms with van der Waals surface area (Å²) in [6.07, 6.45) is 3.86. The molecule has 0 N–H and O–H groups in total. The van der Waals surface area contributed by atoms with Crippen molar-refractivity contribution in [3.05, 3.63) is 29.6 Å². The molecule has 2 unspecified atom stereocenters. The van der Waals surface area contributed by atoms with Gasteiger partial charge in [-0.05, 0) is 44.7 Å². The first-order valence-corrected chi connectivity index (χ1v) is 7.62. The van der Waals surface area contributed by atoms with Gasteiger partial charge >= 0.3 is 0 Å². The van der Waals surface area contributed by atoms with Crippen LogP contribution < -0.4 is 0 Å². The molecule has 1 aliphatic carbocycles. The van der Waals surface area contributed by atoms with Gasteiger partial charge in [0.1, 0.15) is 17.4 Å². The minimum Gasteiger partial charge on any atom is -0.324 e. The first kappa shape index (κ1) is 13.5. The van der Waals surface area contributed by atoms with Crippen molar-refractivity contribution in [1.29, 1.82) is 5.26 Å². The number of halogens is 1. The van der Waals surface area contributed by atoms with E-state index in [-0.39, 0.29) is 5.38 Å². The summed E-state index contributed by atoms with van der Waals surface area (Å²) in [6.45, 7) is 4.19. The number of alkyl halides is 1. The first-order valence-electron chi connectivity index (χ1n) is 7.18. The van der Waals surface area contributed by atoms with Crippen LogP contribution in [0.1, 0.15) is 55.9 Å². The van der Waals surface area contributed by atoms with Crippen molar-refractivity contribution in [2.75, 3.05) is 0 Å². The number of hydrogen-bond acceptors (Lipinski definition) is 2. The molecule has 0 saturated heterocycles. The van der Waals surface area contributed by atoms with Crippen LogP contribution in [0, 0.1) is 17.2 Å². The number of nitrogens with zero attached hydrogens (tertiary/aromatic N) is 3. The second kappa shape index (κ2) is 5.10. The van der Waals surface area contributed by atoms with Gasteiger partial charge in [0, 0.05) is 6.04 Å². The van der Waals surface area contributed by atoms with Gasteiger partial charge in [-0.15, -0.1) is 11.6 Å². The third kappa shape index (κ3) is 1.99. The van der Waals surface area contributed by atoms with Gasteiger partial charge < -0.3 is 4.57 Å². The van der Waals surface area contributed by atoms with Gasteiger partial charge in [0.2, 0.25) is 0 Å². The van der Waals surface area contributed by atoms with Crippen molar-refractivity contribution < 1.29 is 0 Å². The van der Waals surface area contributed by atoms with E-state index in [1.165, 1.54) is 19.3 Å². The molecule has 2 aromatic rings. The Morgan fingerprint density at radius 3 is 2.70 bits per heavy atom. The highest BCUT2D eigenvalue weighted by molar-refractivity contribution is 6.20. The molecule has 1 aliphatic rings. The van der Waals surface area contributed by atoms with Crippen LogP contribution in [0.2, 0.25) is 0 Å². The lowest BCUT2D eigenvalue weighted by Gasteiger charge is -2.33. The fourth-order valence-electron chi connectivity index (χ4n) is 3.07. The molecular formula is C16H18ClN3. The predicted octanol–water partition coefficient (Wildman–Crippen LogP) is 4.57. The van der Waals surface area contributed by atoms with Gasteiger partial charge in [-0.2, -0.15) is 5.26 Å². The lowest BCUT2D eigenvalue weighted by atomic mass is 9.80. The largest absolute Gasteiger partial charge is 0.324 e. The van der Waals surface area contributed by atoms with Crippen LogP contribution in [-0.2, 0) is 0 Å². The maximum atomic E-state index is 9.25. The van der Waals surface area contributed by atoms with Gasteiger partial charge in [-0.25, -0.2) is 4.98 Å². The minimum absolute atomic E-state index is 0.156. The van der Waals surface area contributed by atoms with Gasteiger partial charge in [-0.1, -0.05) is 12.5 Å². The Hall–Kier alpha value is -1.53. The van der Waals surface area contributed by atoms with Crippen molar-refractivity contribution in [2.24, 2.45) is 5.92 Å². The molecular weight excluding hydrogens is 270 g/mol. The average molecular weight is 288 g/mol. The second-order valence-electron chi connectivity index (χ2n) is 5.67. The second-order valence-corrected chi connectivity index (χ2v) is 6.33.